The summed E-state index contributed by atoms with van der Waals surface area (Å²) in [6.45, 7) is -0.101. The highest BCUT2D eigenvalue weighted by molar-refractivity contribution is 7.93. The first-order chi connectivity index (χ1) is 19.5. The van der Waals surface area contributed by atoms with Gasteiger partial charge < -0.3 is 10.1 Å². The van der Waals surface area contributed by atoms with Gasteiger partial charge in [-0.2, -0.15) is 0 Å². The quantitative estimate of drug-likeness (QED) is 0.272. The number of carbonyl (C=O) groups excluding carboxylic acids is 1. The Hall–Kier alpha value is -4.13. The number of fused-ring (bicyclic) bond motifs is 1. The molecule has 0 atom stereocenters. The van der Waals surface area contributed by atoms with E-state index < -0.39 is 31.8 Å². The zero-order valence-electron chi connectivity index (χ0n) is 21.3. The van der Waals surface area contributed by atoms with E-state index >= 15 is 0 Å². The van der Waals surface area contributed by atoms with Gasteiger partial charge in [0.25, 0.3) is 26.0 Å². The average Bonchev–Trinajstić information content (AvgIpc) is 3.38. The van der Waals surface area contributed by atoms with E-state index in [4.69, 9.17) is 16.3 Å². The molecular weight excluding hydrogens is 593 g/mol. The highest BCUT2D eigenvalue weighted by Crippen LogP contribution is 2.35. The molecule has 2 N–H and O–H groups in total. The molecule has 4 aromatic rings. The molecule has 5 rings (SSSR count). The minimum Gasteiger partial charge on any atom is -0.484 e. The molecule has 1 aliphatic rings. The van der Waals surface area contributed by atoms with Crippen LogP contribution in [0.5, 0.6) is 5.75 Å². The van der Waals surface area contributed by atoms with Gasteiger partial charge in [0.2, 0.25) is 0 Å². The lowest BCUT2D eigenvalue weighted by Crippen LogP contribution is -2.29. The van der Waals surface area contributed by atoms with Crippen molar-refractivity contribution < 1.29 is 30.8 Å². The number of benzene rings is 4. The molecule has 13 heteroatoms. The van der Waals surface area contributed by atoms with Crippen LogP contribution in [0.2, 0.25) is 5.02 Å². The lowest BCUT2D eigenvalue weighted by atomic mass is 10.1. The summed E-state index contributed by atoms with van der Waals surface area (Å²) in [5.41, 5.74) is 1.91. The third kappa shape index (κ3) is 6.45. The van der Waals surface area contributed by atoms with E-state index in [0.717, 1.165) is 17.7 Å². The third-order valence-corrected chi connectivity index (χ3v) is 9.70. The second-order valence-corrected chi connectivity index (χ2v) is 13.0. The summed E-state index contributed by atoms with van der Waals surface area (Å²) in [6, 6.07) is 21.3. The summed E-state index contributed by atoms with van der Waals surface area (Å²) in [5.74, 6) is -0.724. The van der Waals surface area contributed by atoms with Crippen LogP contribution in [0.4, 0.5) is 21.5 Å². The predicted octanol–water partition coefficient (Wildman–Crippen LogP) is 5.05. The van der Waals surface area contributed by atoms with Gasteiger partial charge in [-0.05, 0) is 96.9 Å². The first kappa shape index (κ1) is 28.4. The molecule has 0 saturated carbocycles. The normalized spacial score (nSPS) is 13.0. The Morgan fingerprint density at radius 2 is 1.49 bits per heavy atom. The number of anilines is 3. The van der Waals surface area contributed by atoms with Gasteiger partial charge in [-0.1, -0.05) is 17.7 Å². The number of amides is 1. The Morgan fingerprint density at radius 1 is 0.854 bits per heavy atom. The van der Waals surface area contributed by atoms with Crippen LogP contribution >= 0.6 is 11.6 Å². The molecule has 0 unspecified atom stereocenters. The minimum absolute atomic E-state index is 0.0464. The number of rotatable bonds is 9. The molecule has 0 bridgehead atoms. The number of nitrogens with zero attached hydrogens (tertiary/aromatic N) is 1. The fourth-order valence-corrected chi connectivity index (χ4v) is 6.88. The number of nitrogens with one attached hydrogen (secondary N) is 2. The number of carbonyl (C=O) groups is 1. The molecule has 4 aromatic carbocycles. The topological polar surface area (TPSA) is 122 Å². The van der Waals surface area contributed by atoms with E-state index in [0.29, 0.717) is 22.8 Å². The molecule has 1 heterocycles. The van der Waals surface area contributed by atoms with Crippen LogP contribution in [0.1, 0.15) is 5.56 Å². The van der Waals surface area contributed by atoms with Crippen LogP contribution in [-0.2, 0) is 31.3 Å². The van der Waals surface area contributed by atoms with Crippen LogP contribution in [0.25, 0.3) is 0 Å². The third-order valence-electron chi connectivity index (χ3n) is 6.22. The van der Waals surface area contributed by atoms with Gasteiger partial charge in [-0.25, -0.2) is 21.2 Å². The van der Waals surface area contributed by atoms with Gasteiger partial charge in [0.05, 0.1) is 15.5 Å². The van der Waals surface area contributed by atoms with Crippen molar-refractivity contribution >= 4 is 54.6 Å². The summed E-state index contributed by atoms with van der Waals surface area (Å²) in [7, 11) is -7.73. The molecule has 0 aromatic heterocycles. The summed E-state index contributed by atoms with van der Waals surface area (Å²) in [6.07, 6.45) is 0.532. The first-order valence-electron chi connectivity index (χ1n) is 12.2. The average molecular weight is 616 g/mol. The lowest BCUT2D eigenvalue weighted by molar-refractivity contribution is -0.118. The maximum absolute atomic E-state index is 13.2. The predicted molar refractivity (Wildman–Crippen MR) is 154 cm³/mol. The summed E-state index contributed by atoms with van der Waals surface area (Å²) in [5, 5.41) is 3.12. The molecular formula is C28H23ClFN3O6S2. The standard InChI is InChI=1S/C28H23ClFN3O6S2/c29-20-2-11-26(12-3-20)41(37,38)33-16-15-19-1-6-23(17-27(19)33)31-28(34)18-39-24-9-13-25(14-10-24)40(35,36)32-22-7-4-21(30)5-8-22/h1-14,17,32H,15-16,18H2,(H,31,34). The first-order valence-corrected chi connectivity index (χ1v) is 15.5. The monoisotopic (exact) mass is 615 g/mol. The Labute approximate surface area is 241 Å². The maximum Gasteiger partial charge on any atom is 0.264 e. The van der Waals surface area contributed by atoms with Gasteiger partial charge in [0.1, 0.15) is 11.6 Å². The van der Waals surface area contributed by atoms with Gasteiger partial charge in [-0.3, -0.25) is 13.8 Å². The number of hydrogen-bond acceptors (Lipinski definition) is 6. The molecule has 0 radical (unpaired) electrons. The Balaban J connectivity index is 1.20. The van der Waals surface area contributed by atoms with Gasteiger partial charge in [-0.15, -0.1) is 0 Å². The Bertz CT molecular complexity index is 1800. The molecule has 0 fully saturated rings. The molecule has 0 saturated heterocycles. The highest BCUT2D eigenvalue weighted by Gasteiger charge is 2.31. The number of halogens is 2. The van der Waals surface area contributed by atoms with Crippen LogP contribution in [0.15, 0.2) is 101 Å². The summed E-state index contributed by atoms with van der Waals surface area (Å²) >= 11 is 5.90. The molecule has 0 aliphatic carbocycles. The fourth-order valence-electron chi connectivity index (χ4n) is 4.20. The van der Waals surface area contributed by atoms with Crippen LogP contribution in [0.3, 0.4) is 0 Å². The lowest BCUT2D eigenvalue weighted by Gasteiger charge is -2.20. The number of sulfonamides is 2. The van der Waals surface area contributed by atoms with Crippen molar-refractivity contribution in [2.45, 2.75) is 16.2 Å². The van der Waals surface area contributed by atoms with Gasteiger partial charge in [0.15, 0.2) is 6.61 Å². The molecule has 212 valence electrons. The van der Waals surface area contributed by atoms with Gasteiger partial charge >= 0.3 is 0 Å². The van der Waals surface area contributed by atoms with E-state index in [1.54, 1.807) is 18.2 Å². The molecule has 0 spiro atoms. The van der Waals surface area contributed by atoms with Gasteiger partial charge in [0, 0.05) is 22.9 Å². The minimum atomic E-state index is -3.91. The number of ether oxygens (including phenoxy) is 1. The van der Waals surface area contributed by atoms with E-state index in [1.807, 2.05) is 0 Å². The van der Waals surface area contributed by atoms with Crippen LogP contribution < -0.4 is 19.1 Å². The van der Waals surface area contributed by atoms with Crippen LogP contribution in [-0.4, -0.2) is 35.9 Å². The van der Waals surface area contributed by atoms with Crippen molar-refractivity contribution in [2.75, 3.05) is 27.5 Å². The molecule has 9 nitrogen and oxygen atoms in total. The van der Waals surface area contributed by atoms with E-state index in [2.05, 4.69) is 10.0 Å². The zero-order valence-corrected chi connectivity index (χ0v) is 23.6. The van der Waals surface area contributed by atoms with E-state index in [9.17, 15) is 26.0 Å². The summed E-state index contributed by atoms with van der Waals surface area (Å²) in [4.78, 5) is 12.6. The molecule has 41 heavy (non-hydrogen) atoms. The van der Waals surface area contributed by atoms with Crippen molar-refractivity contribution in [3.05, 3.63) is 107 Å². The second kappa shape index (κ2) is 11.4. The smallest absolute Gasteiger partial charge is 0.264 e. The van der Waals surface area contributed by atoms with Crippen molar-refractivity contribution in [1.82, 2.24) is 0 Å². The number of hydrogen-bond donors (Lipinski definition) is 2. The van der Waals surface area contributed by atoms with E-state index in [1.165, 1.54) is 65.0 Å². The second-order valence-electron chi connectivity index (χ2n) is 9.05. The SMILES string of the molecule is O=C(COc1ccc(S(=O)(=O)Nc2ccc(F)cc2)cc1)Nc1ccc2c(c1)N(S(=O)(=O)c1ccc(Cl)cc1)CC2. The highest BCUT2D eigenvalue weighted by atomic mass is 35.5. The fraction of sp³-hybridized carbons (Fsp3) is 0.107. The van der Waals surface area contributed by atoms with Crippen LogP contribution in [0, 0.1) is 5.82 Å². The van der Waals surface area contributed by atoms with Crippen molar-refractivity contribution in [3.63, 3.8) is 0 Å². The van der Waals surface area contributed by atoms with Crippen molar-refractivity contribution in [2.24, 2.45) is 0 Å². The van der Waals surface area contributed by atoms with E-state index in [-0.39, 0.29) is 34.4 Å². The zero-order chi connectivity index (χ0) is 29.2. The van der Waals surface area contributed by atoms with Crippen molar-refractivity contribution in [3.8, 4) is 5.75 Å². The largest absolute Gasteiger partial charge is 0.484 e. The Kier molecular flexibility index (Phi) is 7.89. The Morgan fingerprint density at radius 3 is 2.17 bits per heavy atom. The van der Waals surface area contributed by atoms with Crippen molar-refractivity contribution in [1.29, 1.82) is 0 Å². The summed E-state index contributed by atoms with van der Waals surface area (Å²) < 4.78 is 73.8. The molecule has 1 aliphatic heterocycles. The molecule has 1 amide bonds. The maximum atomic E-state index is 13.2.